The van der Waals surface area contributed by atoms with E-state index in [9.17, 15) is 4.79 Å². The van der Waals surface area contributed by atoms with Crippen LogP contribution in [0, 0.1) is 0 Å². The number of hydrogen-bond acceptors (Lipinski definition) is 1. The summed E-state index contributed by atoms with van der Waals surface area (Å²) in [5.74, 6) is 0.210. The monoisotopic (exact) mass is 304 g/mol. The summed E-state index contributed by atoms with van der Waals surface area (Å²) in [5.41, 5.74) is 2.34. The summed E-state index contributed by atoms with van der Waals surface area (Å²) in [6, 6.07) is 18.8. The maximum absolute atomic E-state index is 12.9. The van der Waals surface area contributed by atoms with Gasteiger partial charge in [-0.1, -0.05) is 42.5 Å². The van der Waals surface area contributed by atoms with Gasteiger partial charge in [-0.05, 0) is 35.4 Å². The van der Waals surface area contributed by atoms with Crippen LogP contribution in [0.5, 0.6) is 0 Å². The summed E-state index contributed by atoms with van der Waals surface area (Å²) < 4.78 is 2.24. The fourth-order valence-electron chi connectivity index (χ4n) is 3.63. The molecule has 1 aliphatic heterocycles. The third-order valence-corrected chi connectivity index (χ3v) is 4.88. The third kappa shape index (κ3) is 2.42. The second kappa shape index (κ2) is 5.58. The number of fused-ring (bicyclic) bond motifs is 2. The van der Waals surface area contributed by atoms with Gasteiger partial charge in [0.1, 0.15) is 0 Å². The highest BCUT2D eigenvalue weighted by Gasteiger charge is 2.27. The molecule has 0 unspecified atom stereocenters. The van der Waals surface area contributed by atoms with Gasteiger partial charge in [0.15, 0.2) is 0 Å². The molecule has 1 amide bonds. The van der Waals surface area contributed by atoms with Crippen LogP contribution in [-0.2, 0) is 17.8 Å². The van der Waals surface area contributed by atoms with Crippen LogP contribution >= 0.6 is 0 Å². The van der Waals surface area contributed by atoms with Gasteiger partial charge in [0, 0.05) is 25.0 Å². The molecule has 2 aromatic carbocycles. The van der Waals surface area contributed by atoms with Crippen LogP contribution in [0.25, 0.3) is 10.8 Å². The van der Waals surface area contributed by atoms with Crippen LogP contribution in [0.4, 0.5) is 0 Å². The summed E-state index contributed by atoms with van der Waals surface area (Å²) in [4.78, 5) is 14.9. The van der Waals surface area contributed by atoms with Crippen molar-refractivity contribution in [2.45, 2.75) is 25.9 Å². The molecule has 1 aromatic heterocycles. The molecule has 3 aromatic rings. The minimum atomic E-state index is 0.140. The lowest BCUT2D eigenvalue weighted by molar-refractivity contribution is -0.133. The van der Waals surface area contributed by atoms with Crippen molar-refractivity contribution in [3.8, 4) is 0 Å². The van der Waals surface area contributed by atoms with Crippen molar-refractivity contribution in [3.05, 3.63) is 72.1 Å². The van der Waals surface area contributed by atoms with Crippen molar-refractivity contribution >= 4 is 16.7 Å². The molecule has 4 rings (SSSR count). The fraction of sp³-hybridized carbons (Fsp3) is 0.250. The molecule has 23 heavy (non-hydrogen) atoms. The number of carbonyl (C=O) groups is 1. The first-order chi connectivity index (χ1) is 11.2. The first-order valence-electron chi connectivity index (χ1n) is 8.15. The highest BCUT2D eigenvalue weighted by Crippen LogP contribution is 2.27. The number of nitrogens with zero attached hydrogens (tertiary/aromatic N) is 2. The molecule has 0 N–H and O–H groups in total. The topological polar surface area (TPSA) is 25.2 Å². The maximum atomic E-state index is 12.9. The maximum Gasteiger partial charge on any atom is 0.227 e. The number of amides is 1. The summed E-state index contributed by atoms with van der Waals surface area (Å²) in [5, 5.41) is 2.37. The Morgan fingerprint density at radius 3 is 2.78 bits per heavy atom. The average Bonchev–Trinajstić information content (AvgIpc) is 3.05. The molecule has 0 radical (unpaired) electrons. The zero-order chi connectivity index (χ0) is 15.8. The van der Waals surface area contributed by atoms with Crippen molar-refractivity contribution < 1.29 is 4.79 Å². The Bertz CT molecular complexity index is 859. The summed E-state index contributed by atoms with van der Waals surface area (Å²) >= 11 is 0. The van der Waals surface area contributed by atoms with E-state index in [1.807, 2.05) is 23.1 Å². The minimum absolute atomic E-state index is 0.140. The predicted octanol–water partition coefficient (Wildman–Crippen LogP) is 3.79. The van der Waals surface area contributed by atoms with Crippen molar-refractivity contribution in [1.29, 1.82) is 0 Å². The fourth-order valence-corrected chi connectivity index (χ4v) is 3.63. The van der Waals surface area contributed by atoms with Gasteiger partial charge >= 0.3 is 0 Å². The smallest absolute Gasteiger partial charge is 0.227 e. The second-order valence-electron chi connectivity index (χ2n) is 6.20. The Hall–Kier alpha value is -2.55. The first kappa shape index (κ1) is 14.1. The Morgan fingerprint density at radius 1 is 1.04 bits per heavy atom. The number of aromatic nitrogens is 1. The molecule has 3 nitrogen and oxygen atoms in total. The van der Waals surface area contributed by atoms with E-state index < -0.39 is 0 Å². The standard InChI is InChI=1S/C20H20N2O/c1-15-19-10-5-11-21(19)12-13-22(15)20(23)14-17-8-4-7-16-6-2-3-9-18(16)17/h2-11,15H,12-14H2,1H3/t15-/m1/s1. The molecule has 0 aliphatic carbocycles. The van der Waals surface area contributed by atoms with Gasteiger partial charge in [-0.3, -0.25) is 4.79 Å². The van der Waals surface area contributed by atoms with E-state index in [-0.39, 0.29) is 11.9 Å². The highest BCUT2D eigenvalue weighted by molar-refractivity contribution is 5.90. The van der Waals surface area contributed by atoms with Gasteiger partial charge in [-0.15, -0.1) is 0 Å². The molecule has 116 valence electrons. The second-order valence-corrected chi connectivity index (χ2v) is 6.20. The summed E-state index contributed by atoms with van der Waals surface area (Å²) in [6.07, 6.45) is 2.56. The molecule has 3 heteroatoms. The lowest BCUT2D eigenvalue weighted by Crippen LogP contribution is -2.41. The number of carbonyl (C=O) groups excluding carboxylic acids is 1. The van der Waals surface area contributed by atoms with Crippen molar-refractivity contribution in [3.63, 3.8) is 0 Å². The van der Waals surface area contributed by atoms with Crippen LogP contribution in [0.15, 0.2) is 60.8 Å². The molecule has 1 atom stereocenters. The average molecular weight is 304 g/mol. The van der Waals surface area contributed by atoms with Crippen LogP contribution in [0.2, 0.25) is 0 Å². The third-order valence-electron chi connectivity index (χ3n) is 4.88. The van der Waals surface area contributed by atoms with E-state index in [4.69, 9.17) is 0 Å². The van der Waals surface area contributed by atoms with Crippen LogP contribution in [-0.4, -0.2) is 21.9 Å². The molecular formula is C20H20N2O. The molecule has 0 fully saturated rings. The largest absolute Gasteiger partial charge is 0.348 e. The van der Waals surface area contributed by atoms with Crippen LogP contribution in [0.1, 0.15) is 24.2 Å². The Morgan fingerprint density at radius 2 is 1.87 bits per heavy atom. The molecular weight excluding hydrogens is 284 g/mol. The summed E-state index contributed by atoms with van der Waals surface area (Å²) in [7, 11) is 0. The van der Waals surface area contributed by atoms with Crippen LogP contribution in [0.3, 0.4) is 0 Å². The van der Waals surface area contributed by atoms with E-state index in [1.54, 1.807) is 0 Å². The SMILES string of the molecule is C[C@@H]1c2cccn2CCN1C(=O)Cc1cccc2ccccc12. The van der Waals surface area contributed by atoms with E-state index in [0.29, 0.717) is 6.42 Å². The predicted molar refractivity (Wildman–Crippen MR) is 92.2 cm³/mol. The molecule has 0 spiro atoms. The van der Waals surface area contributed by atoms with E-state index in [2.05, 4.69) is 54.1 Å². The minimum Gasteiger partial charge on any atom is -0.348 e. The molecule has 0 bridgehead atoms. The zero-order valence-corrected chi connectivity index (χ0v) is 13.3. The Kier molecular flexibility index (Phi) is 3.41. The van der Waals surface area contributed by atoms with Crippen molar-refractivity contribution in [1.82, 2.24) is 9.47 Å². The van der Waals surface area contributed by atoms with E-state index in [1.165, 1.54) is 16.5 Å². The lowest BCUT2D eigenvalue weighted by Gasteiger charge is -2.35. The normalized spacial score (nSPS) is 17.3. The highest BCUT2D eigenvalue weighted by atomic mass is 16.2. The van der Waals surface area contributed by atoms with E-state index in [0.717, 1.165) is 18.7 Å². The van der Waals surface area contributed by atoms with Gasteiger partial charge < -0.3 is 9.47 Å². The quantitative estimate of drug-likeness (QED) is 0.707. The molecule has 2 heterocycles. The Labute approximate surface area is 136 Å². The Balaban J connectivity index is 1.61. The number of benzene rings is 2. The van der Waals surface area contributed by atoms with Gasteiger partial charge in [0.25, 0.3) is 0 Å². The number of hydrogen-bond donors (Lipinski definition) is 0. The number of rotatable bonds is 2. The lowest BCUT2D eigenvalue weighted by atomic mass is 10.0. The molecule has 0 saturated carbocycles. The van der Waals surface area contributed by atoms with Crippen LogP contribution < -0.4 is 0 Å². The van der Waals surface area contributed by atoms with Crippen molar-refractivity contribution in [2.75, 3.05) is 6.54 Å². The van der Waals surface area contributed by atoms with Gasteiger partial charge in [-0.25, -0.2) is 0 Å². The van der Waals surface area contributed by atoms with Gasteiger partial charge in [0.05, 0.1) is 12.5 Å². The van der Waals surface area contributed by atoms with Crippen molar-refractivity contribution in [2.24, 2.45) is 0 Å². The van der Waals surface area contributed by atoms with Gasteiger partial charge in [0.2, 0.25) is 5.91 Å². The molecule has 0 saturated heterocycles. The van der Waals surface area contributed by atoms with Gasteiger partial charge in [-0.2, -0.15) is 0 Å². The zero-order valence-electron chi connectivity index (χ0n) is 13.3. The molecule has 1 aliphatic rings. The first-order valence-corrected chi connectivity index (χ1v) is 8.15. The van der Waals surface area contributed by atoms with E-state index >= 15 is 0 Å². The summed E-state index contributed by atoms with van der Waals surface area (Å²) in [6.45, 7) is 3.78.